The summed E-state index contributed by atoms with van der Waals surface area (Å²) in [6.07, 6.45) is 0. The third kappa shape index (κ3) is 3.14. The van der Waals surface area contributed by atoms with Crippen LogP contribution in [0.15, 0.2) is 47.5 Å². The lowest BCUT2D eigenvalue weighted by Crippen LogP contribution is -2.46. The van der Waals surface area contributed by atoms with E-state index in [0.29, 0.717) is 16.3 Å². The van der Waals surface area contributed by atoms with Crippen molar-refractivity contribution in [2.45, 2.75) is 40.3 Å². The number of benzene rings is 2. The van der Waals surface area contributed by atoms with E-state index in [0.717, 1.165) is 22.3 Å². The van der Waals surface area contributed by atoms with Gasteiger partial charge in [-0.2, -0.15) is 0 Å². The average molecular weight is 350 g/mol. The van der Waals surface area contributed by atoms with E-state index < -0.39 is 5.66 Å². The van der Waals surface area contributed by atoms with Crippen molar-refractivity contribution < 1.29 is 4.79 Å². The summed E-state index contributed by atoms with van der Waals surface area (Å²) in [6.45, 7) is 9.91. The highest BCUT2D eigenvalue weighted by atomic mass is 32.1. The molecular formula is C21H22N2OS. The molecule has 3 rings (SSSR count). The Morgan fingerprint density at radius 3 is 2.40 bits per heavy atom. The fourth-order valence-electron chi connectivity index (χ4n) is 3.05. The van der Waals surface area contributed by atoms with Crippen LogP contribution in [0.4, 0.5) is 0 Å². The smallest absolute Gasteiger partial charge is 0.260 e. The molecule has 0 atom stereocenters. The molecule has 0 fully saturated rings. The predicted octanol–water partition coefficient (Wildman–Crippen LogP) is 4.62. The van der Waals surface area contributed by atoms with Crippen LogP contribution in [-0.2, 0) is 0 Å². The number of aryl methyl sites for hydroxylation is 3. The first-order valence-corrected chi connectivity index (χ1v) is 8.74. The van der Waals surface area contributed by atoms with Gasteiger partial charge in [0.1, 0.15) is 16.4 Å². The number of aliphatic imine (C=N–C) groups is 1. The third-order valence-corrected chi connectivity index (χ3v) is 4.96. The molecule has 0 aliphatic carbocycles. The Kier molecular flexibility index (Phi) is 4.33. The number of carbonyl (C=O) groups excluding carboxylic acids is 1. The van der Waals surface area contributed by atoms with E-state index in [2.05, 4.69) is 0 Å². The normalized spacial score (nSPS) is 16.1. The highest BCUT2D eigenvalue weighted by molar-refractivity contribution is 7.82. The van der Waals surface area contributed by atoms with Gasteiger partial charge in [-0.05, 0) is 63.9 Å². The molecule has 128 valence electrons. The molecule has 25 heavy (non-hydrogen) atoms. The number of nitrogens with zero attached hydrogens (tertiary/aromatic N) is 2. The Morgan fingerprint density at radius 2 is 1.76 bits per heavy atom. The second-order valence-corrected chi connectivity index (χ2v) is 7.46. The van der Waals surface area contributed by atoms with Crippen LogP contribution in [-0.4, -0.2) is 27.2 Å². The molecule has 3 nitrogen and oxygen atoms in total. The summed E-state index contributed by atoms with van der Waals surface area (Å²) >= 11 is 5.65. The number of hydrogen-bond acceptors (Lipinski definition) is 3. The van der Waals surface area contributed by atoms with E-state index >= 15 is 0 Å². The minimum absolute atomic E-state index is 0.107. The Balaban J connectivity index is 1.99. The molecule has 0 spiro atoms. The molecule has 4 heteroatoms. The molecule has 0 saturated heterocycles. The molecule has 1 aliphatic rings. The van der Waals surface area contributed by atoms with Crippen molar-refractivity contribution in [1.82, 2.24) is 4.90 Å². The summed E-state index contributed by atoms with van der Waals surface area (Å²) in [5, 5.41) is 0. The quantitative estimate of drug-likeness (QED) is 0.740. The van der Waals surface area contributed by atoms with E-state index in [9.17, 15) is 4.79 Å². The first-order chi connectivity index (χ1) is 11.7. The van der Waals surface area contributed by atoms with E-state index in [1.165, 1.54) is 0 Å². The fourth-order valence-corrected chi connectivity index (χ4v) is 3.52. The van der Waals surface area contributed by atoms with Crippen LogP contribution in [0.3, 0.4) is 0 Å². The molecule has 2 aromatic carbocycles. The zero-order valence-corrected chi connectivity index (χ0v) is 16.1. The zero-order chi connectivity index (χ0) is 18.4. The van der Waals surface area contributed by atoms with Gasteiger partial charge in [0.2, 0.25) is 0 Å². The molecule has 0 N–H and O–H groups in total. The van der Waals surface area contributed by atoms with Crippen LogP contribution < -0.4 is 0 Å². The van der Waals surface area contributed by atoms with Gasteiger partial charge in [-0.15, -0.1) is 0 Å². The molecule has 1 heterocycles. The number of rotatable bonds is 2. The number of thiocarbonyl (C=S) groups is 1. The lowest BCUT2D eigenvalue weighted by Gasteiger charge is -2.29. The van der Waals surface area contributed by atoms with Crippen LogP contribution in [0.5, 0.6) is 0 Å². The second-order valence-electron chi connectivity index (χ2n) is 7.07. The molecular weight excluding hydrogens is 328 g/mol. The van der Waals surface area contributed by atoms with Crippen molar-refractivity contribution in [3.8, 4) is 0 Å². The largest absolute Gasteiger partial charge is 0.272 e. The van der Waals surface area contributed by atoms with Crippen LogP contribution in [0, 0.1) is 20.8 Å². The number of amides is 1. The van der Waals surface area contributed by atoms with E-state index in [4.69, 9.17) is 17.2 Å². The lowest BCUT2D eigenvalue weighted by atomic mass is 10.0. The van der Waals surface area contributed by atoms with Gasteiger partial charge >= 0.3 is 0 Å². The topological polar surface area (TPSA) is 32.7 Å². The van der Waals surface area contributed by atoms with E-state index in [1.54, 1.807) is 4.90 Å². The first-order valence-electron chi connectivity index (χ1n) is 8.34. The standard InChI is InChI=1S/C21H22N2OS/c1-13-7-6-8-16(11-13)18-20(25)23(21(4,5)22-18)19(24)17-10-9-14(2)15(3)12-17/h6-12H,1-5H3. The summed E-state index contributed by atoms with van der Waals surface area (Å²) in [6, 6.07) is 13.8. The maximum absolute atomic E-state index is 13.1. The van der Waals surface area contributed by atoms with Crippen molar-refractivity contribution in [1.29, 1.82) is 0 Å². The lowest BCUT2D eigenvalue weighted by molar-refractivity contribution is 0.0758. The SMILES string of the molecule is Cc1cccc(C2=NC(C)(C)N(C(=O)c3ccc(C)c(C)c3)C2=S)c1. The Morgan fingerprint density at radius 1 is 1.04 bits per heavy atom. The Bertz CT molecular complexity index is 912. The van der Waals surface area contributed by atoms with Gasteiger partial charge in [-0.25, -0.2) is 0 Å². The fraction of sp³-hybridized carbons (Fsp3) is 0.286. The molecule has 1 aliphatic heterocycles. The van der Waals surface area contributed by atoms with Gasteiger partial charge in [-0.3, -0.25) is 14.7 Å². The van der Waals surface area contributed by atoms with Crippen molar-refractivity contribution in [3.05, 3.63) is 70.3 Å². The first kappa shape index (κ1) is 17.5. The third-order valence-electron chi connectivity index (χ3n) is 4.59. The summed E-state index contributed by atoms with van der Waals surface area (Å²) < 4.78 is 0. The molecule has 0 radical (unpaired) electrons. The number of carbonyl (C=O) groups is 1. The van der Waals surface area contributed by atoms with Gasteiger partial charge in [0.25, 0.3) is 5.91 Å². The zero-order valence-electron chi connectivity index (χ0n) is 15.3. The summed E-state index contributed by atoms with van der Waals surface area (Å²) in [4.78, 5) is 20.0. The minimum Gasteiger partial charge on any atom is -0.272 e. The van der Waals surface area contributed by atoms with Crippen LogP contribution >= 0.6 is 12.2 Å². The predicted molar refractivity (Wildman–Crippen MR) is 106 cm³/mol. The molecule has 0 bridgehead atoms. The summed E-state index contributed by atoms with van der Waals surface area (Å²) in [7, 11) is 0. The Labute approximate surface area is 154 Å². The van der Waals surface area contributed by atoms with Gasteiger partial charge in [0.15, 0.2) is 0 Å². The monoisotopic (exact) mass is 350 g/mol. The highest BCUT2D eigenvalue weighted by Crippen LogP contribution is 2.29. The molecule has 0 unspecified atom stereocenters. The van der Waals surface area contributed by atoms with Crippen LogP contribution in [0.25, 0.3) is 0 Å². The van der Waals surface area contributed by atoms with Gasteiger partial charge in [0.05, 0.1) is 0 Å². The van der Waals surface area contributed by atoms with Gasteiger partial charge < -0.3 is 0 Å². The van der Waals surface area contributed by atoms with E-state index in [-0.39, 0.29) is 5.91 Å². The minimum atomic E-state index is -0.702. The molecule has 2 aromatic rings. The van der Waals surface area contributed by atoms with Crippen molar-refractivity contribution in [2.75, 3.05) is 0 Å². The maximum Gasteiger partial charge on any atom is 0.260 e. The van der Waals surface area contributed by atoms with Gasteiger partial charge in [-0.1, -0.05) is 42.0 Å². The summed E-state index contributed by atoms with van der Waals surface area (Å²) in [5.41, 5.74) is 4.99. The van der Waals surface area contributed by atoms with E-state index in [1.807, 2.05) is 77.1 Å². The van der Waals surface area contributed by atoms with Crippen molar-refractivity contribution >= 4 is 28.8 Å². The Hall–Kier alpha value is -2.33. The van der Waals surface area contributed by atoms with Crippen molar-refractivity contribution in [2.24, 2.45) is 4.99 Å². The van der Waals surface area contributed by atoms with Gasteiger partial charge in [0, 0.05) is 11.1 Å². The second kappa shape index (κ2) is 6.19. The molecule has 0 saturated carbocycles. The average Bonchev–Trinajstić information content (AvgIpc) is 2.79. The molecule has 0 aromatic heterocycles. The van der Waals surface area contributed by atoms with Crippen molar-refractivity contribution in [3.63, 3.8) is 0 Å². The maximum atomic E-state index is 13.1. The number of hydrogen-bond donors (Lipinski definition) is 0. The summed E-state index contributed by atoms with van der Waals surface area (Å²) in [5.74, 6) is -0.107. The molecule has 1 amide bonds. The highest BCUT2D eigenvalue weighted by Gasteiger charge is 2.42. The van der Waals surface area contributed by atoms with Crippen LogP contribution in [0.1, 0.15) is 46.5 Å². The van der Waals surface area contributed by atoms with Crippen LogP contribution in [0.2, 0.25) is 0 Å².